The summed E-state index contributed by atoms with van der Waals surface area (Å²) in [6.07, 6.45) is 5.32. The second kappa shape index (κ2) is 7.49. The van der Waals surface area contributed by atoms with Crippen molar-refractivity contribution in [2.45, 2.75) is 59.9 Å². The van der Waals surface area contributed by atoms with E-state index in [-0.39, 0.29) is 0 Å². The van der Waals surface area contributed by atoms with E-state index in [2.05, 4.69) is 42.8 Å². The summed E-state index contributed by atoms with van der Waals surface area (Å²) in [6.45, 7) is 11.8. The Kier molecular flexibility index (Phi) is 6.27. The van der Waals surface area contributed by atoms with Crippen LogP contribution in [-0.2, 0) is 6.54 Å². The Balaban J connectivity index is 2.16. The maximum atomic E-state index is 4.53. The highest BCUT2D eigenvalue weighted by Crippen LogP contribution is 2.10. The molecule has 1 aromatic rings. The first-order valence-electron chi connectivity index (χ1n) is 6.88. The van der Waals surface area contributed by atoms with E-state index in [9.17, 15) is 0 Å². The second-order valence-corrected chi connectivity index (χ2v) is 4.83. The zero-order chi connectivity index (χ0) is 12.7. The Bertz CT molecular complexity index is 328. The minimum absolute atomic E-state index is 0.980. The highest BCUT2D eigenvalue weighted by atomic mass is 15.3. The van der Waals surface area contributed by atoms with E-state index in [4.69, 9.17) is 0 Å². The van der Waals surface area contributed by atoms with Gasteiger partial charge in [-0.2, -0.15) is 5.10 Å². The number of hydrogen-bond donors (Lipinski definition) is 1. The van der Waals surface area contributed by atoms with Crippen LogP contribution in [0.2, 0.25) is 0 Å². The van der Waals surface area contributed by atoms with Crippen molar-refractivity contribution in [3.8, 4) is 0 Å². The van der Waals surface area contributed by atoms with Gasteiger partial charge in [-0.05, 0) is 39.3 Å². The number of nitrogens with one attached hydrogen (secondary N) is 1. The molecule has 1 N–H and O–H groups in total. The van der Waals surface area contributed by atoms with Crippen molar-refractivity contribution in [3.63, 3.8) is 0 Å². The van der Waals surface area contributed by atoms with Crippen molar-refractivity contribution in [3.05, 3.63) is 17.0 Å². The Labute approximate surface area is 106 Å². The van der Waals surface area contributed by atoms with Crippen LogP contribution in [-0.4, -0.2) is 22.9 Å². The third-order valence-corrected chi connectivity index (χ3v) is 3.45. The minimum atomic E-state index is 0.980. The average Bonchev–Trinajstić information content (AvgIpc) is 2.56. The molecule has 1 rings (SSSR count). The molecule has 98 valence electrons. The summed E-state index contributed by atoms with van der Waals surface area (Å²) in [5.41, 5.74) is 3.79. The van der Waals surface area contributed by atoms with Crippen LogP contribution >= 0.6 is 0 Å². The Hall–Kier alpha value is -0.830. The number of aryl methyl sites for hydroxylation is 1. The molecular weight excluding hydrogens is 210 g/mol. The Morgan fingerprint density at radius 2 is 1.82 bits per heavy atom. The standard InChI is InChI=1S/C14H27N3/c1-5-6-7-8-9-15-10-11-17-14(4)12(2)13(3)16-17/h15H,5-11H2,1-4H3. The molecule has 1 heterocycles. The van der Waals surface area contributed by atoms with Gasteiger partial charge in [0.05, 0.1) is 12.2 Å². The molecule has 0 atom stereocenters. The van der Waals surface area contributed by atoms with Crippen LogP contribution in [0.1, 0.15) is 49.6 Å². The summed E-state index contributed by atoms with van der Waals surface area (Å²) in [4.78, 5) is 0. The number of unbranched alkanes of at least 4 members (excludes halogenated alkanes) is 3. The molecule has 0 bridgehead atoms. The monoisotopic (exact) mass is 237 g/mol. The Morgan fingerprint density at radius 3 is 2.41 bits per heavy atom. The highest BCUT2D eigenvalue weighted by Gasteiger charge is 2.05. The molecule has 0 aromatic carbocycles. The fourth-order valence-corrected chi connectivity index (χ4v) is 1.99. The maximum Gasteiger partial charge on any atom is 0.0625 e. The normalized spacial score (nSPS) is 11.1. The van der Waals surface area contributed by atoms with Gasteiger partial charge in [0.1, 0.15) is 0 Å². The third-order valence-electron chi connectivity index (χ3n) is 3.45. The number of rotatable bonds is 8. The number of nitrogens with zero attached hydrogens (tertiary/aromatic N) is 2. The molecule has 0 radical (unpaired) electrons. The SMILES string of the molecule is CCCCCCNCCn1nc(C)c(C)c1C. The predicted molar refractivity (Wildman–Crippen MR) is 73.4 cm³/mol. The summed E-state index contributed by atoms with van der Waals surface area (Å²) in [6, 6.07) is 0. The summed E-state index contributed by atoms with van der Waals surface area (Å²) >= 11 is 0. The first-order chi connectivity index (χ1) is 8.16. The molecule has 0 fully saturated rings. The van der Waals surface area contributed by atoms with Crippen molar-refractivity contribution in [1.82, 2.24) is 15.1 Å². The van der Waals surface area contributed by atoms with Gasteiger partial charge in [-0.3, -0.25) is 4.68 Å². The molecular formula is C14H27N3. The molecule has 0 aliphatic heterocycles. The quantitative estimate of drug-likeness (QED) is 0.704. The van der Waals surface area contributed by atoms with Crippen LogP contribution in [0.4, 0.5) is 0 Å². The molecule has 0 spiro atoms. The maximum absolute atomic E-state index is 4.53. The van der Waals surface area contributed by atoms with Crippen LogP contribution in [0.3, 0.4) is 0 Å². The fraction of sp³-hybridized carbons (Fsp3) is 0.786. The van der Waals surface area contributed by atoms with E-state index < -0.39 is 0 Å². The first-order valence-corrected chi connectivity index (χ1v) is 6.88. The van der Waals surface area contributed by atoms with Gasteiger partial charge in [0, 0.05) is 12.2 Å². The third kappa shape index (κ3) is 4.50. The van der Waals surface area contributed by atoms with Crippen LogP contribution in [0.5, 0.6) is 0 Å². The largest absolute Gasteiger partial charge is 0.315 e. The lowest BCUT2D eigenvalue weighted by Gasteiger charge is -2.06. The van der Waals surface area contributed by atoms with Crippen LogP contribution in [0.15, 0.2) is 0 Å². The van der Waals surface area contributed by atoms with Gasteiger partial charge in [-0.15, -0.1) is 0 Å². The topological polar surface area (TPSA) is 29.9 Å². The van der Waals surface area contributed by atoms with E-state index in [1.165, 1.54) is 36.9 Å². The lowest BCUT2D eigenvalue weighted by atomic mass is 10.2. The summed E-state index contributed by atoms with van der Waals surface area (Å²) in [5.74, 6) is 0. The number of aromatic nitrogens is 2. The van der Waals surface area contributed by atoms with E-state index in [0.717, 1.165) is 25.3 Å². The van der Waals surface area contributed by atoms with Gasteiger partial charge in [-0.25, -0.2) is 0 Å². The molecule has 3 heteroatoms. The van der Waals surface area contributed by atoms with E-state index in [0.29, 0.717) is 0 Å². The zero-order valence-electron chi connectivity index (χ0n) is 11.8. The van der Waals surface area contributed by atoms with Gasteiger partial charge in [0.15, 0.2) is 0 Å². The molecule has 3 nitrogen and oxygen atoms in total. The molecule has 0 amide bonds. The smallest absolute Gasteiger partial charge is 0.0625 e. The molecule has 0 unspecified atom stereocenters. The van der Waals surface area contributed by atoms with Crippen molar-refractivity contribution >= 4 is 0 Å². The summed E-state index contributed by atoms with van der Waals surface area (Å²) < 4.78 is 2.11. The molecule has 17 heavy (non-hydrogen) atoms. The average molecular weight is 237 g/mol. The van der Waals surface area contributed by atoms with Crippen LogP contribution in [0, 0.1) is 20.8 Å². The predicted octanol–water partition coefficient (Wildman–Crippen LogP) is 2.98. The van der Waals surface area contributed by atoms with Gasteiger partial charge in [0.25, 0.3) is 0 Å². The van der Waals surface area contributed by atoms with Gasteiger partial charge in [-0.1, -0.05) is 26.2 Å². The minimum Gasteiger partial charge on any atom is -0.315 e. The van der Waals surface area contributed by atoms with E-state index in [1.54, 1.807) is 0 Å². The van der Waals surface area contributed by atoms with E-state index >= 15 is 0 Å². The zero-order valence-corrected chi connectivity index (χ0v) is 11.8. The van der Waals surface area contributed by atoms with Crippen LogP contribution < -0.4 is 5.32 Å². The lowest BCUT2D eigenvalue weighted by molar-refractivity contribution is 0.526. The van der Waals surface area contributed by atoms with Crippen molar-refractivity contribution in [2.24, 2.45) is 0 Å². The van der Waals surface area contributed by atoms with Crippen LogP contribution in [0.25, 0.3) is 0 Å². The second-order valence-electron chi connectivity index (χ2n) is 4.83. The van der Waals surface area contributed by atoms with Crippen molar-refractivity contribution in [2.75, 3.05) is 13.1 Å². The molecule has 0 aliphatic rings. The molecule has 0 saturated carbocycles. The molecule has 0 saturated heterocycles. The summed E-state index contributed by atoms with van der Waals surface area (Å²) in [5, 5.41) is 8.02. The summed E-state index contributed by atoms with van der Waals surface area (Å²) in [7, 11) is 0. The van der Waals surface area contributed by atoms with Crippen molar-refractivity contribution in [1.29, 1.82) is 0 Å². The highest BCUT2D eigenvalue weighted by molar-refractivity contribution is 5.22. The lowest BCUT2D eigenvalue weighted by Crippen LogP contribution is -2.22. The van der Waals surface area contributed by atoms with Gasteiger partial charge >= 0.3 is 0 Å². The molecule has 1 aromatic heterocycles. The fourth-order valence-electron chi connectivity index (χ4n) is 1.99. The molecule has 0 aliphatic carbocycles. The van der Waals surface area contributed by atoms with Crippen molar-refractivity contribution < 1.29 is 0 Å². The Morgan fingerprint density at radius 1 is 1.06 bits per heavy atom. The van der Waals surface area contributed by atoms with E-state index in [1.807, 2.05) is 0 Å². The van der Waals surface area contributed by atoms with Gasteiger partial charge in [0.2, 0.25) is 0 Å². The first kappa shape index (κ1) is 14.2. The van der Waals surface area contributed by atoms with Gasteiger partial charge < -0.3 is 5.32 Å². The number of hydrogen-bond acceptors (Lipinski definition) is 2.